The zero-order chi connectivity index (χ0) is 11.4. The van der Waals surface area contributed by atoms with E-state index in [-0.39, 0.29) is 0 Å². The Morgan fingerprint density at radius 3 is 2.07 bits per heavy atom. The summed E-state index contributed by atoms with van der Waals surface area (Å²) in [7, 11) is 4.26. The van der Waals surface area contributed by atoms with Crippen LogP contribution in [0.25, 0.3) is 0 Å². The van der Waals surface area contributed by atoms with Gasteiger partial charge in [-0.05, 0) is 44.1 Å². The molecule has 2 heteroatoms. The molecule has 1 atom stereocenters. The number of nitrogens with zero attached hydrogens (tertiary/aromatic N) is 1. The average molecular weight is 206 g/mol. The van der Waals surface area contributed by atoms with Gasteiger partial charge in [0.15, 0.2) is 0 Å². The van der Waals surface area contributed by atoms with Crippen molar-refractivity contribution in [3.63, 3.8) is 0 Å². The molecule has 0 aliphatic heterocycles. The fraction of sp³-hybridized carbons (Fsp3) is 0.538. The summed E-state index contributed by atoms with van der Waals surface area (Å²) in [6.07, 6.45) is 1.18. The summed E-state index contributed by atoms with van der Waals surface area (Å²) in [4.78, 5) is 2.27. The van der Waals surface area contributed by atoms with Crippen LogP contribution in [0.2, 0.25) is 0 Å². The van der Waals surface area contributed by atoms with E-state index in [9.17, 15) is 0 Å². The molecule has 0 aliphatic carbocycles. The van der Waals surface area contributed by atoms with Gasteiger partial charge in [-0.15, -0.1) is 0 Å². The first kappa shape index (κ1) is 12.1. The predicted octanol–water partition coefficient (Wildman–Crippen LogP) is 2.92. The predicted molar refractivity (Wildman–Crippen MR) is 66.7 cm³/mol. The molecule has 2 N–H and O–H groups in total. The highest BCUT2D eigenvalue weighted by Crippen LogP contribution is 2.26. The van der Waals surface area contributed by atoms with Crippen molar-refractivity contribution in [3.05, 3.63) is 29.8 Å². The molecule has 15 heavy (non-hydrogen) atoms. The maximum Gasteiger partial charge on any atom is 0.0344 e. The molecule has 84 valence electrons. The van der Waals surface area contributed by atoms with Gasteiger partial charge in [-0.2, -0.15) is 0 Å². The topological polar surface area (TPSA) is 29.3 Å². The fourth-order valence-corrected chi connectivity index (χ4v) is 1.81. The molecule has 0 aliphatic rings. The Morgan fingerprint density at radius 2 is 1.67 bits per heavy atom. The van der Waals surface area contributed by atoms with Gasteiger partial charge in [0, 0.05) is 11.7 Å². The van der Waals surface area contributed by atoms with Crippen LogP contribution in [0.1, 0.15) is 31.9 Å². The summed E-state index contributed by atoms with van der Waals surface area (Å²) in [5, 5.41) is 0. The quantitative estimate of drug-likeness (QED) is 0.767. The second-order valence-electron chi connectivity index (χ2n) is 4.78. The minimum Gasteiger partial charge on any atom is -0.399 e. The third-order valence-electron chi connectivity index (χ3n) is 2.64. The van der Waals surface area contributed by atoms with Crippen molar-refractivity contribution in [1.82, 2.24) is 4.90 Å². The number of rotatable bonds is 4. The molecule has 1 aromatic carbocycles. The summed E-state index contributed by atoms with van der Waals surface area (Å²) < 4.78 is 0. The first-order valence-electron chi connectivity index (χ1n) is 5.52. The molecular weight excluding hydrogens is 184 g/mol. The third-order valence-corrected chi connectivity index (χ3v) is 2.64. The minimum absolute atomic E-state index is 0.491. The van der Waals surface area contributed by atoms with Crippen LogP contribution in [0.15, 0.2) is 24.3 Å². The van der Waals surface area contributed by atoms with E-state index >= 15 is 0 Å². The molecule has 0 bridgehead atoms. The van der Waals surface area contributed by atoms with Crippen LogP contribution in [-0.2, 0) is 0 Å². The highest BCUT2D eigenvalue weighted by molar-refractivity contribution is 5.40. The molecule has 0 saturated heterocycles. The van der Waals surface area contributed by atoms with Crippen LogP contribution in [0.5, 0.6) is 0 Å². The van der Waals surface area contributed by atoms with Gasteiger partial charge in [0.25, 0.3) is 0 Å². The molecule has 1 rings (SSSR count). The second kappa shape index (κ2) is 5.17. The summed E-state index contributed by atoms with van der Waals surface area (Å²) in [6, 6.07) is 8.70. The van der Waals surface area contributed by atoms with Gasteiger partial charge in [0.05, 0.1) is 0 Å². The standard InChI is InChI=1S/C13H22N2/c1-10(2)9-13(15(3)4)11-5-7-12(14)8-6-11/h5-8,10,13H,9,14H2,1-4H3. The van der Waals surface area contributed by atoms with E-state index in [4.69, 9.17) is 5.73 Å². The first-order chi connectivity index (χ1) is 7.00. The number of anilines is 1. The van der Waals surface area contributed by atoms with E-state index in [0.29, 0.717) is 12.0 Å². The van der Waals surface area contributed by atoms with Crippen molar-refractivity contribution in [2.24, 2.45) is 5.92 Å². The maximum atomic E-state index is 5.69. The number of hydrogen-bond acceptors (Lipinski definition) is 2. The van der Waals surface area contributed by atoms with Crippen molar-refractivity contribution in [2.75, 3.05) is 19.8 Å². The van der Waals surface area contributed by atoms with E-state index in [1.54, 1.807) is 0 Å². The Bertz CT molecular complexity index is 288. The van der Waals surface area contributed by atoms with Gasteiger partial charge in [0.1, 0.15) is 0 Å². The van der Waals surface area contributed by atoms with E-state index < -0.39 is 0 Å². The Morgan fingerprint density at radius 1 is 1.13 bits per heavy atom. The van der Waals surface area contributed by atoms with Crippen LogP contribution < -0.4 is 5.73 Å². The Hall–Kier alpha value is -1.02. The summed E-state index contributed by atoms with van der Waals surface area (Å²) >= 11 is 0. The molecule has 0 aromatic heterocycles. The lowest BCUT2D eigenvalue weighted by molar-refractivity contribution is 0.259. The first-order valence-corrected chi connectivity index (χ1v) is 5.52. The van der Waals surface area contributed by atoms with Gasteiger partial charge in [-0.3, -0.25) is 0 Å². The lowest BCUT2D eigenvalue weighted by Crippen LogP contribution is -2.21. The fourth-order valence-electron chi connectivity index (χ4n) is 1.81. The summed E-state index contributed by atoms with van der Waals surface area (Å²) in [5.41, 5.74) is 7.87. The number of nitrogen functional groups attached to an aromatic ring is 1. The van der Waals surface area contributed by atoms with Crippen LogP contribution in [0.4, 0.5) is 5.69 Å². The zero-order valence-corrected chi connectivity index (χ0v) is 10.2. The van der Waals surface area contributed by atoms with Crippen LogP contribution in [-0.4, -0.2) is 19.0 Å². The van der Waals surface area contributed by atoms with Crippen molar-refractivity contribution in [2.45, 2.75) is 26.3 Å². The number of nitrogens with two attached hydrogens (primary N) is 1. The lowest BCUT2D eigenvalue weighted by atomic mass is 9.96. The van der Waals surface area contributed by atoms with Gasteiger partial charge >= 0.3 is 0 Å². The Kier molecular flexibility index (Phi) is 4.15. The smallest absolute Gasteiger partial charge is 0.0344 e. The molecule has 2 nitrogen and oxygen atoms in total. The van der Waals surface area contributed by atoms with Gasteiger partial charge in [-0.1, -0.05) is 26.0 Å². The second-order valence-corrected chi connectivity index (χ2v) is 4.78. The molecular formula is C13H22N2. The lowest BCUT2D eigenvalue weighted by Gasteiger charge is -2.26. The Labute approximate surface area is 93.1 Å². The molecule has 0 amide bonds. The summed E-state index contributed by atoms with van der Waals surface area (Å²) in [5.74, 6) is 0.704. The van der Waals surface area contributed by atoms with Crippen LogP contribution >= 0.6 is 0 Å². The third kappa shape index (κ3) is 3.56. The van der Waals surface area contributed by atoms with Crippen molar-refractivity contribution in [3.8, 4) is 0 Å². The van der Waals surface area contributed by atoms with E-state index in [1.165, 1.54) is 12.0 Å². The minimum atomic E-state index is 0.491. The zero-order valence-electron chi connectivity index (χ0n) is 10.2. The normalized spacial score (nSPS) is 13.5. The monoisotopic (exact) mass is 206 g/mol. The van der Waals surface area contributed by atoms with Gasteiger partial charge in [0.2, 0.25) is 0 Å². The molecule has 0 radical (unpaired) electrons. The number of benzene rings is 1. The molecule has 0 saturated carbocycles. The van der Waals surface area contributed by atoms with Crippen LogP contribution in [0, 0.1) is 5.92 Å². The molecule has 0 fully saturated rings. The molecule has 0 heterocycles. The number of hydrogen-bond donors (Lipinski definition) is 1. The molecule has 1 unspecified atom stereocenters. The van der Waals surface area contributed by atoms with Crippen molar-refractivity contribution in [1.29, 1.82) is 0 Å². The largest absolute Gasteiger partial charge is 0.399 e. The van der Waals surface area contributed by atoms with E-state index in [0.717, 1.165) is 5.69 Å². The van der Waals surface area contributed by atoms with Crippen molar-refractivity contribution >= 4 is 5.69 Å². The molecule has 1 aromatic rings. The summed E-state index contributed by atoms with van der Waals surface area (Å²) in [6.45, 7) is 4.52. The van der Waals surface area contributed by atoms with Crippen LogP contribution in [0.3, 0.4) is 0 Å². The highest BCUT2D eigenvalue weighted by Gasteiger charge is 2.15. The van der Waals surface area contributed by atoms with E-state index in [1.807, 2.05) is 12.1 Å². The average Bonchev–Trinajstić information content (AvgIpc) is 2.15. The van der Waals surface area contributed by atoms with Crippen molar-refractivity contribution < 1.29 is 0 Å². The van der Waals surface area contributed by atoms with Gasteiger partial charge < -0.3 is 10.6 Å². The highest BCUT2D eigenvalue weighted by atomic mass is 15.1. The maximum absolute atomic E-state index is 5.69. The SMILES string of the molecule is CC(C)CC(c1ccc(N)cc1)N(C)C. The van der Waals surface area contributed by atoms with E-state index in [2.05, 4.69) is 45.0 Å². The Balaban J connectivity index is 2.84. The molecule has 0 spiro atoms. The van der Waals surface area contributed by atoms with Gasteiger partial charge in [-0.25, -0.2) is 0 Å².